The molecule has 1 saturated heterocycles. The van der Waals surface area contributed by atoms with Crippen molar-refractivity contribution in [1.29, 1.82) is 0 Å². The quantitative estimate of drug-likeness (QED) is 0.185. The van der Waals surface area contributed by atoms with Crippen molar-refractivity contribution >= 4 is 24.8 Å². The molecular weight excluding hydrogens is 474 g/mol. The highest BCUT2D eigenvalue weighted by Gasteiger charge is 2.49. The fourth-order valence-electron chi connectivity index (χ4n) is 5.71. The molecule has 0 spiro atoms. The number of alkyl carbamates (subject to hydrolysis) is 1. The van der Waals surface area contributed by atoms with Crippen LogP contribution in [0, 0.1) is 0 Å². The van der Waals surface area contributed by atoms with E-state index >= 15 is 0 Å². The summed E-state index contributed by atoms with van der Waals surface area (Å²) in [6.07, 6.45) is 13.4. The minimum atomic E-state index is -2.39. The molecule has 0 radical (unpaired) electrons. The van der Waals surface area contributed by atoms with Crippen LogP contribution in [0.2, 0.25) is 5.04 Å². The normalized spacial score (nSPS) is 18.0. The Kier molecular flexibility index (Phi) is 11.7. The number of carbonyl (C=O) groups excluding carboxylic acids is 1. The molecule has 0 bridgehead atoms. The Balaban J connectivity index is 1.32. The molecule has 2 aromatic carbocycles. The van der Waals surface area contributed by atoms with Gasteiger partial charge in [0, 0.05) is 6.61 Å². The maximum atomic E-state index is 11.2. The van der Waals surface area contributed by atoms with Crippen molar-refractivity contribution < 1.29 is 14.0 Å². The first kappa shape index (κ1) is 29.4. The van der Waals surface area contributed by atoms with Gasteiger partial charge in [0.2, 0.25) is 0 Å². The van der Waals surface area contributed by atoms with E-state index < -0.39 is 8.32 Å². The van der Waals surface area contributed by atoms with E-state index in [1.165, 1.54) is 61.7 Å². The first-order chi connectivity index (χ1) is 17.8. The number of amides is 1. The Labute approximate surface area is 226 Å². The Morgan fingerprint density at radius 2 is 1.22 bits per heavy atom. The van der Waals surface area contributed by atoms with E-state index in [0.717, 1.165) is 25.9 Å². The maximum Gasteiger partial charge on any atom is 0.407 e. The summed E-state index contributed by atoms with van der Waals surface area (Å²) < 4.78 is 12.3. The zero-order valence-electron chi connectivity index (χ0n) is 23.6. The molecule has 5 heteroatoms. The number of carbonyl (C=O) groups is 1. The summed E-state index contributed by atoms with van der Waals surface area (Å²) >= 11 is 0. The molecule has 1 aliphatic rings. The van der Waals surface area contributed by atoms with E-state index in [-0.39, 0.29) is 23.3 Å². The molecule has 0 unspecified atom stereocenters. The molecule has 1 fully saturated rings. The van der Waals surface area contributed by atoms with Crippen LogP contribution >= 0.6 is 0 Å². The number of nitrogens with one attached hydrogen (secondary N) is 1. The van der Waals surface area contributed by atoms with Crippen molar-refractivity contribution in [3.05, 3.63) is 60.7 Å². The molecule has 1 amide bonds. The van der Waals surface area contributed by atoms with E-state index in [0.29, 0.717) is 0 Å². The van der Waals surface area contributed by atoms with Crippen LogP contribution in [0.15, 0.2) is 60.7 Å². The number of unbranched alkanes of at least 4 members (excludes halogenated alkanes) is 9. The second-order valence-electron chi connectivity index (χ2n) is 11.7. The van der Waals surface area contributed by atoms with Crippen LogP contribution in [0.25, 0.3) is 0 Å². The van der Waals surface area contributed by atoms with Crippen LogP contribution in [0.3, 0.4) is 0 Å². The molecule has 3 rings (SSSR count). The van der Waals surface area contributed by atoms with Gasteiger partial charge in [-0.2, -0.15) is 0 Å². The van der Waals surface area contributed by atoms with Crippen LogP contribution in [0.5, 0.6) is 0 Å². The summed E-state index contributed by atoms with van der Waals surface area (Å²) in [7, 11) is -2.39. The number of rotatable bonds is 16. The highest BCUT2D eigenvalue weighted by atomic mass is 28.4. The van der Waals surface area contributed by atoms with Crippen molar-refractivity contribution in [3.8, 4) is 0 Å². The molecule has 4 nitrogen and oxygen atoms in total. The summed E-state index contributed by atoms with van der Waals surface area (Å²) in [6.45, 7) is 9.90. The Bertz CT molecular complexity index is 873. The van der Waals surface area contributed by atoms with Crippen LogP contribution < -0.4 is 15.7 Å². The predicted molar refractivity (Wildman–Crippen MR) is 157 cm³/mol. The first-order valence-corrected chi connectivity index (χ1v) is 16.5. The Hall–Kier alpha value is -2.11. The zero-order valence-corrected chi connectivity index (χ0v) is 24.6. The van der Waals surface area contributed by atoms with E-state index in [4.69, 9.17) is 9.16 Å². The van der Waals surface area contributed by atoms with Crippen molar-refractivity contribution in [2.24, 2.45) is 0 Å². The fourth-order valence-corrected chi connectivity index (χ4v) is 10.3. The largest absolute Gasteiger partial charge is 0.444 e. The van der Waals surface area contributed by atoms with Gasteiger partial charge in [-0.25, -0.2) is 4.79 Å². The van der Waals surface area contributed by atoms with Gasteiger partial charge in [0.05, 0.1) is 6.04 Å². The third-order valence-corrected chi connectivity index (χ3v) is 12.8. The van der Waals surface area contributed by atoms with Gasteiger partial charge in [-0.1, -0.05) is 133 Å². The molecule has 37 heavy (non-hydrogen) atoms. The van der Waals surface area contributed by atoms with Crippen molar-refractivity contribution in [3.63, 3.8) is 0 Å². The zero-order chi connectivity index (χ0) is 26.6. The second-order valence-corrected chi connectivity index (χ2v) is 16.0. The number of cyclic esters (lactones) is 1. The summed E-state index contributed by atoms with van der Waals surface area (Å²) in [4.78, 5) is 11.2. The number of hydrogen-bond acceptors (Lipinski definition) is 3. The smallest absolute Gasteiger partial charge is 0.407 e. The van der Waals surface area contributed by atoms with Crippen LogP contribution in [-0.4, -0.2) is 33.2 Å². The minimum absolute atomic E-state index is 0.0480. The number of benzene rings is 2. The maximum absolute atomic E-state index is 11.2. The topological polar surface area (TPSA) is 47.6 Å². The van der Waals surface area contributed by atoms with Gasteiger partial charge in [-0.05, 0) is 41.6 Å². The van der Waals surface area contributed by atoms with Crippen molar-refractivity contribution in [1.82, 2.24) is 5.32 Å². The first-order valence-electron chi connectivity index (χ1n) is 14.6. The molecule has 1 N–H and O–H groups in total. The van der Waals surface area contributed by atoms with Gasteiger partial charge in [0.1, 0.15) is 6.10 Å². The van der Waals surface area contributed by atoms with Crippen LogP contribution in [-0.2, 0) is 9.16 Å². The monoisotopic (exact) mass is 523 g/mol. The summed E-state index contributed by atoms with van der Waals surface area (Å²) in [5, 5.41) is 5.60. The molecule has 1 heterocycles. The standard InChI is InChI=1S/C32H49NO3Si/c1-27-30(36-31(34)33-27)25-19-11-9-7-5-6-8-10-12-20-26-35-37(32(2,3)4,28-21-15-13-16-22-28)29-23-17-14-18-24-29/h13-18,21-24,27,30H,5-12,19-20,25-26H2,1-4H3,(H,33,34)/t27-,30+/m0/s1. The molecule has 0 aliphatic carbocycles. The Morgan fingerprint density at radius 3 is 1.65 bits per heavy atom. The minimum Gasteiger partial charge on any atom is -0.444 e. The number of ether oxygens (including phenoxy) is 1. The molecule has 0 saturated carbocycles. The van der Waals surface area contributed by atoms with Gasteiger partial charge in [0.15, 0.2) is 0 Å². The summed E-state index contributed by atoms with van der Waals surface area (Å²) in [5.74, 6) is 0. The molecular formula is C32H49NO3Si. The summed E-state index contributed by atoms with van der Waals surface area (Å²) in [6, 6.07) is 22.0. The van der Waals surface area contributed by atoms with Gasteiger partial charge in [0.25, 0.3) is 8.32 Å². The van der Waals surface area contributed by atoms with Crippen LogP contribution in [0.4, 0.5) is 4.79 Å². The average Bonchev–Trinajstić information content (AvgIpc) is 3.21. The average molecular weight is 524 g/mol. The molecule has 2 aromatic rings. The van der Waals surface area contributed by atoms with Crippen molar-refractivity contribution in [2.45, 2.75) is 116 Å². The molecule has 204 valence electrons. The van der Waals surface area contributed by atoms with E-state index in [9.17, 15) is 4.79 Å². The SMILES string of the molecule is C[C@@H]1NC(=O)O[C@@H]1CCCCCCCCCCCCO[Si](c1ccccc1)(c1ccccc1)C(C)(C)C. The lowest BCUT2D eigenvalue weighted by Crippen LogP contribution is -2.66. The fraction of sp³-hybridized carbons (Fsp3) is 0.594. The third kappa shape index (κ3) is 8.44. The van der Waals surface area contributed by atoms with E-state index in [1.807, 2.05) is 6.92 Å². The number of hydrogen-bond donors (Lipinski definition) is 1. The lowest BCUT2D eigenvalue weighted by Gasteiger charge is -2.43. The highest BCUT2D eigenvalue weighted by molar-refractivity contribution is 6.99. The highest BCUT2D eigenvalue weighted by Crippen LogP contribution is 2.36. The molecule has 0 aromatic heterocycles. The van der Waals surface area contributed by atoms with E-state index in [1.54, 1.807) is 0 Å². The van der Waals surface area contributed by atoms with E-state index in [2.05, 4.69) is 86.8 Å². The van der Waals surface area contributed by atoms with Gasteiger partial charge in [-0.15, -0.1) is 0 Å². The van der Waals surface area contributed by atoms with Crippen LogP contribution in [0.1, 0.15) is 98.3 Å². The molecule has 2 atom stereocenters. The lowest BCUT2D eigenvalue weighted by molar-refractivity contribution is 0.126. The van der Waals surface area contributed by atoms with Gasteiger partial charge < -0.3 is 14.5 Å². The molecule has 1 aliphatic heterocycles. The second kappa shape index (κ2) is 14.7. The van der Waals surface area contributed by atoms with Gasteiger partial charge in [-0.3, -0.25) is 0 Å². The predicted octanol–water partition coefficient (Wildman–Crippen LogP) is 7.35. The Morgan fingerprint density at radius 1 is 0.757 bits per heavy atom. The third-order valence-electron chi connectivity index (χ3n) is 7.78. The lowest BCUT2D eigenvalue weighted by atomic mass is 10.0. The summed E-state index contributed by atoms with van der Waals surface area (Å²) in [5.41, 5.74) is 0. The van der Waals surface area contributed by atoms with Crippen molar-refractivity contribution in [2.75, 3.05) is 6.61 Å². The van der Waals surface area contributed by atoms with Gasteiger partial charge >= 0.3 is 6.09 Å².